The molecule has 1 rings (SSSR count). The van der Waals surface area contributed by atoms with Gasteiger partial charge in [0.2, 0.25) is 0 Å². The summed E-state index contributed by atoms with van der Waals surface area (Å²) in [6.07, 6.45) is 3.14. The lowest BCUT2D eigenvalue weighted by atomic mass is 10.1. The van der Waals surface area contributed by atoms with Crippen LogP contribution in [0.1, 0.15) is 11.1 Å². The molecule has 0 aliphatic rings. The molecule has 0 atom stereocenters. The van der Waals surface area contributed by atoms with Crippen LogP contribution in [-0.2, 0) is 9.53 Å². The molecule has 0 radical (unpaired) electrons. The van der Waals surface area contributed by atoms with Crippen molar-refractivity contribution in [3.05, 3.63) is 35.4 Å². The summed E-state index contributed by atoms with van der Waals surface area (Å²) in [5.41, 5.74) is 6.89. The van der Waals surface area contributed by atoms with E-state index in [1.54, 1.807) is 6.08 Å². The largest absolute Gasteiger partial charge is 1.00 e. The number of hydrogen-bond donors (Lipinski definition) is 1. The molecule has 1 aromatic carbocycles. The molecular weight excluding hydrogens is 214 g/mol. The van der Waals surface area contributed by atoms with E-state index in [0.717, 1.165) is 16.8 Å². The lowest BCUT2D eigenvalue weighted by Gasteiger charge is -1.99. The first-order valence-electron chi connectivity index (χ1n) is 4.32. The van der Waals surface area contributed by atoms with Crippen molar-refractivity contribution in [3.63, 3.8) is 0 Å². The van der Waals surface area contributed by atoms with Crippen molar-refractivity contribution in [2.45, 2.75) is 6.92 Å². The number of ether oxygens (including phenoxy) is 1. The van der Waals surface area contributed by atoms with Crippen LogP contribution < -0.4 is 18.1 Å². The van der Waals surface area contributed by atoms with Gasteiger partial charge in [-0.05, 0) is 36.3 Å². The zero-order valence-corrected chi connectivity index (χ0v) is 9.54. The Bertz CT molecular complexity index is 375. The van der Waals surface area contributed by atoms with Crippen LogP contribution in [0.25, 0.3) is 6.08 Å². The van der Waals surface area contributed by atoms with Gasteiger partial charge in [0, 0.05) is 12.1 Å². The van der Waals surface area contributed by atoms with Crippen molar-refractivity contribution in [3.8, 4) is 0 Å². The minimum absolute atomic E-state index is 0. The number of methoxy groups -OCH3 is 1. The second-order valence-corrected chi connectivity index (χ2v) is 3.05. The summed E-state index contributed by atoms with van der Waals surface area (Å²) < 4.78 is 4.50. The number of esters is 1. The molecular formula is C11H14ClNO2. The second kappa shape index (κ2) is 6.22. The van der Waals surface area contributed by atoms with Gasteiger partial charge in [0.1, 0.15) is 5.69 Å². The molecule has 0 heterocycles. The van der Waals surface area contributed by atoms with Crippen LogP contribution in [0.3, 0.4) is 0 Å². The van der Waals surface area contributed by atoms with Gasteiger partial charge in [-0.15, -0.1) is 0 Å². The van der Waals surface area contributed by atoms with E-state index in [1.807, 2.05) is 25.1 Å². The van der Waals surface area contributed by atoms with Crippen LogP contribution >= 0.6 is 0 Å². The Morgan fingerprint density at radius 1 is 1.47 bits per heavy atom. The molecule has 0 saturated carbocycles. The van der Waals surface area contributed by atoms with Crippen molar-refractivity contribution in [1.82, 2.24) is 0 Å². The fraction of sp³-hybridized carbons (Fsp3) is 0.182. The van der Waals surface area contributed by atoms with E-state index in [1.165, 1.54) is 13.2 Å². The maximum Gasteiger partial charge on any atom is 0.330 e. The summed E-state index contributed by atoms with van der Waals surface area (Å²) in [7, 11) is 1.36. The van der Waals surface area contributed by atoms with E-state index in [2.05, 4.69) is 10.5 Å². The molecule has 0 spiro atoms. The highest BCUT2D eigenvalue weighted by Crippen LogP contribution is 2.12. The number of carbonyl (C=O) groups is 1. The highest BCUT2D eigenvalue weighted by Gasteiger charge is 1.97. The molecule has 82 valence electrons. The first kappa shape index (κ1) is 13.7. The number of halogens is 1. The Labute approximate surface area is 95.3 Å². The molecule has 0 aliphatic heterocycles. The predicted octanol–water partition coefficient (Wildman–Crippen LogP) is -1.94. The SMILES string of the molecule is COC(=O)/C=C/c1ccc([NH3+])cc1C.[Cl-]. The van der Waals surface area contributed by atoms with E-state index >= 15 is 0 Å². The highest BCUT2D eigenvalue weighted by atomic mass is 35.5. The molecule has 0 aromatic heterocycles. The molecule has 4 heteroatoms. The summed E-state index contributed by atoms with van der Waals surface area (Å²) in [5.74, 6) is -0.344. The van der Waals surface area contributed by atoms with Crippen molar-refractivity contribution in [1.29, 1.82) is 0 Å². The molecule has 15 heavy (non-hydrogen) atoms. The Morgan fingerprint density at radius 2 is 2.13 bits per heavy atom. The quantitative estimate of drug-likeness (QED) is 0.472. The number of carbonyl (C=O) groups excluding carboxylic acids is 1. The van der Waals surface area contributed by atoms with Crippen LogP contribution in [0.15, 0.2) is 24.3 Å². The Hall–Kier alpha value is -1.32. The van der Waals surface area contributed by atoms with Crippen LogP contribution in [0.2, 0.25) is 0 Å². The third-order valence-electron chi connectivity index (χ3n) is 1.93. The number of rotatable bonds is 2. The van der Waals surface area contributed by atoms with Crippen molar-refractivity contribution >= 4 is 17.7 Å². The van der Waals surface area contributed by atoms with Crippen LogP contribution in [0, 0.1) is 6.92 Å². The normalized spacial score (nSPS) is 9.80. The van der Waals surface area contributed by atoms with Gasteiger partial charge in [0.05, 0.1) is 7.11 Å². The zero-order valence-electron chi connectivity index (χ0n) is 8.79. The second-order valence-electron chi connectivity index (χ2n) is 3.05. The van der Waals surface area contributed by atoms with Crippen molar-refractivity contribution in [2.24, 2.45) is 0 Å². The predicted molar refractivity (Wildman–Crippen MR) is 54.8 cm³/mol. The highest BCUT2D eigenvalue weighted by molar-refractivity contribution is 5.87. The summed E-state index contributed by atoms with van der Waals surface area (Å²) >= 11 is 0. The van der Waals surface area contributed by atoms with Gasteiger partial charge in [-0.2, -0.15) is 0 Å². The van der Waals surface area contributed by atoms with E-state index in [-0.39, 0.29) is 18.4 Å². The van der Waals surface area contributed by atoms with Gasteiger partial charge in [-0.25, -0.2) is 4.79 Å². The smallest absolute Gasteiger partial charge is 0.330 e. The number of aryl methyl sites for hydroxylation is 1. The third kappa shape index (κ3) is 4.14. The van der Waals surface area contributed by atoms with Crippen molar-refractivity contribution in [2.75, 3.05) is 7.11 Å². The Morgan fingerprint density at radius 3 is 2.67 bits per heavy atom. The first-order valence-corrected chi connectivity index (χ1v) is 4.32. The van der Waals surface area contributed by atoms with Crippen LogP contribution in [-0.4, -0.2) is 13.1 Å². The fourth-order valence-electron chi connectivity index (χ4n) is 1.15. The van der Waals surface area contributed by atoms with E-state index in [0.29, 0.717) is 0 Å². The summed E-state index contributed by atoms with van der Waals surface area (Å²) in [6.45, 7) is 1.98. The van der Waals surface area contributed by atoms with Crippen molar-refractivity contribution < 1.29 is 27.7 Å². The molecule has 3 nitrogen and oxygen atoms in total. The first-order chi connectivity index (χ1) is 6.63. The van der Waals surface area contributed by atoms with Crippen LogP contribution in [0.5, 0.6) is 0 Å². The average molecular weight is 228 g/mol. The van der Waals surface area contributed by atoms with E-state index in [9.17, 15) is 4.79 Å². The third-order valence-corrected chi connectivity index (χ3v) is 1.93. The van der Waals surface area contributed by atoms with Gasteiger partial charge in [-0.3, -0.25) is 0 Å². The average Bonchev–Trinajstić information content (AvgIpc) is 2.16. The van der Waals surface area contributed by atoms with Gasteiger partial charge in [-0.1, -0.05) is 0 Å². The van der Waals surface area contributed by atoms with Gasteiger partial charge < -0.3 is 22.9 Å². The molecule has 0 unspecified atom stereocenters. The molecule has 0 bridgehead atoms. The standard InChI is InChI=1S/C11H13NO2.ClH/c1-8-7-10(12)5-3-9(8)4-6-11(13)14-2;/h3-7H,12H2,1-2H3;1H/b6-4+;. The van der Waals surface area contributed by atoms with Gasteiger partial charge in [0.15, 0.2) is 0 Å². The minimum Gasteiger partial charge on any atom is -1.00 e. The molecule has 0 saturated heterocycles. The lowest BCUT2D eigenvalue weighted by Crippen LogP contribution is -3.00. The summed E-state index contributed by atoms with van der Waals surface area (Å²) in [6, 6.07) is 5.80. The lowest BCUT2D eigenvalue weighted by molar-refractivity contribution is -0.254. The van der Waals surface area contributed by atoms with Gasteiger partial charge in [0.25, 0.3) is 0 Å². The summed E-state index contributed by atoms with van der Waals surface area (Å²) in [4.78, 5) is 10.8. The molecule has 0 amide bonds. The maximum atomic E-state index is 10.8. The minimum atomic E-state index is -0.344. The topological polar surface area (TPSA) is 53.9 Å². The number of quaternary nitrogens is 1. The summed E-state index contributed by atoms with van der Waals surface area (Å²) in [5, 5.41) is 0. The maximum absolute atomic E-state index is 10.8. The van der Waals surface area contributed by atoms with Gasteiger partial charge >= 0.3 is 5.97 Å². The molecule has 0 aliphatic carbocycles. The zero-order chi connectivity index (χ0) is 10.6. The number of benzene rings is 1. The molecule has 0 fully saturated rings. The van der Waals surface area contributed by atoms with E-state index < -0.39 is 0 Å². The van der Waals surface area contributed by atoms with Crippen LogP contribution in [0.4, 0.5) is 5.69 Å². The Kier molecular flexibility index (Phi) is 5.67. The van der Waals surface area contributed by atoms with E-state index in [4.69, 9.17) is 0 Å². The monoisotopic (exact) mass is 227 g/mol. The fourth-order valence-corrected chi connectivity index (χ4v) is 1.15. The Balaban J connectivity index is 0.00000196. The molecule has 3 N–H and O–H groups in total. The number of hydrogen-bond acceptors (Lipinski definition) is 2. The molecule has 1 aromatic rings.